The van der Waals surface area contributed by atoms with Crippen LogP contribution < -0.4 is 10.0 Å². The minimum atomic E-state index is -0.184. The van der Waals surface area contributed by atoms with Crippen molar-refractivity contribution in [3.63, 3.8) is 0 Å². The van der Waals surface area contributed by atoms with Crippen LogP contribution in [0.3, 0.4) is 0 Å². The van der Waals surface area contributed by atoms with E-state index in [1.54, 1.807) is 10.6 Å². The molecular weight excluding hydrogens is 546 g/mol. The monoisotopic (exact) mass is 604 g/mol. The molecule has 1 heterocycles. The van der Waals surface area contributed by atoms with Gasteiger partial charge in [-0.05, 0) is 79.3 Å². The van der Waals surface area contributed by atoms with E-state index in [4.69, 9.17) is 4.74 Å². The Labute approximate surface area is 260 Å². The number of rotatable bonds is 6. The van der Waals surface area contributed by atoms with Gasteiger partial charge in [0.1, 0.15) is 11.9 Å². The molecule has 1 aliphatic heterocycles. The molecule has 0 bridgehead atoms. The molecule has 7 rings (SSSR count). The third kappa shape index (κ3) is 5.87. The first kappa shape index (κ1) is 30.0. The van der Waals surface area contributed by atoms with E-state index in [2.05, 4.69) is 50.3 Å². The topological polar surface area (TPSA) is 9.23 Å². The highest BCUT2D eigenvalue weighted by atomic mass is 31.1. The summed E-state index contributed by atoms with van der Waals surface area (Å²) in [5.41, 5.74) is 5.31. The highest BCUT2D eigenvalue weighted by Gasteiger charge is 2.49. The van der Waals surface area contributed by atoms with Crippen LogP contribution in [0, 0.1) is 5.92 Å². The second-order valence-electron chi connectivity index (χ2n) is 15.4. The molecule has 1 aromatic rings. The number of para-hydroxylation sites is 1. The van der Waals surface area contributed by atoms with Gasteiger partial charge in [-0.1, -0.05) is 143 Å². The highest BCUT2D eigenvalue weighted by Crippen LogP contribution is 2.66. The summed E-state index contributed by atoms with van der Waals surface area (Å²) in [6.45, 7) is 5.13. The van der Waals surface area contributed by atoms with Gasteiger partial charge in [0.2, 0.25) is 0 Å². The van der Waals surface area contributed by atoms with Crippen molar-refractivity contribution in [2.24, 2.45) is 5.92 Å². The van der Waals surface area contributed by atoms with Crippen molar-refractivity contribution < 1.29 is 4.74 Å². The van der Waals surface area contributed by atoms with Crippen LogP contribution in [0.5, 0.6) is 5.75 Å². The van der Waals surface area contributed by atoms with Crippen molar-refractivity contribution in [3.05, 3.63) is 47.3 Å². The first-order valence-electron chi connectivity index (χ1n) is 18.4. The number of ether oxygens (including phenoxy) is 1. The molecule has 0 amide bonds. The second kappa shape index (κ2) is 13.4. The summed E-state index contributed by atoms with van der Waals surface area (Å²) in [6, 6.07) is 7.46. The highest BCUT2D eigenvalue weighted by molar-refractivity contribution is 7.67. The molecule has 4 fully saturated rings. The molecular formula is C39H58OP2. The van der Waals surface area contributed by atoms with Crippen molar-refractivity contribution >= 4 is 21.1 Å². The lowest BCUT2D eigenvalue weighted by Gasteiger charge is -2.51. The van der Waals surface area contributed by atoms with E-state index in [0.717, 1.165) is 22.6 Å². The minimum Gasteiger partial charge on any atom is -0.484 e. The van der Waals surface area contributed by atoms with Crippen LogP contribution in [0.4, 0.5) is 0 Å². The van der Waals surface area contributed by atoms with E-state index >= 15 is 0 Å². The Morgan fingerprint density at radius 1 is 0.619 bits per heavy atom. The number of hydrogen-bond acceptors (Lipinski definition) is 1. The zero-order valence-corrected chi connectivity index (χ0v) is 28.7. The van der Waals surface area contributed by atoms with Gasteiger partial charge in [0.25, 0.3) is 0 Å². The maximum absolute atomic E-state index is 7.65. The van der Waals surface area contributed by atoms with Gasteiger partial charge in [-0.15, -0.1) is 0 Å². The summed E-state index contributed by atoms with van der Waals surface area (Å²) in [5, 5.41) is 3.45. The Morgan fingerprint density at radius 2 is 1.10 bits per heavy atom. The van der Waals surface area contributed by atoms with Crippen LogP contribution >= 0.6 is 15.8 Å². The van der Waals surface area contributed by atoms with Crippen LogP contribution in [0.25, 0.3) is 0 Å². The zero-order chi connectivity index (χ0) is 28.5. The van der Waals surface area contributed by atoms with Gasteiger partial charge in [-0.25, -0.2) is 0 Å². The molecule has 1 aromatic carbocycles. The second-order valence-corrected chi connectivity index (χ2v) is 20.9. The molecule has 1 nitrogen and oxygen atoms in total. The Bertz CT molecular complexity index is 1080. The molecule has 2 atom stereocenters. The van der Waals surface area contributed by atoms with E-state index in [9.17, 15) is 0 Å². The summed E-state index contributed by atoms with van der Waals surface area (Å²) in [4.78, 5) is 0. The zero-order valence-electron chi connectivity index (χ0n) is 26.9. The van der Waals surface area contributed by atoms with Crippen molar-refractivity contribution in [1.29, 1.82) is 0 Å². The van der Waals surface area contributed by atoms with E-state index in [1.807, 2.05) is 0 Å². The maximum Gasteiger partial charge on any atom is 0.131 e. The first-order chi connectivity index (χ1) is 20.6. The molecule has 4 saturated carbocycles. The first-order valence-corrected chi connectivity index (χ1v) is 21.3. The van der Waals surface area contributed by atoms with Gasteiger partial charge < -0.3 is 4.74 Å². The standard InChI is InChI=1S/C39H58OP2/c1-39(2)33-25-15-27-35(41(29-17-7-3-8-18-29)30-19-9-4-10-20-30)37(33)40-38-34(39)26-16-28-36(38)42(31-21-11-5-12-22-31)32-23-13-6-14-24-32/h15-16,25-33,37H,3-14,17-24H2,1-2H3/t33-,37-/m0/s1. The molecule has 0 spiro atoms. The van der Waals surface area contributed by atoms with E-state index in [0.29, 0.717) is 5.92 Å². The predicted octanol–water partition coefficient (Wildman–Crippen LogP) is 11.7. The van der Waals surface area contributed by atoms with Crippen LogP contribution in [0.1, 0.15) is 148 Å². The van der Waals surface area contributed by atoms with E-state index in [-0.39, 0.29) is 27.4 Å². The molecule has 0 N–H and O–H groups in total. The molecule has 0 radical (unpaired) electrons. The smallest absolute Gasteiger partial charge is 0.131 e. The SMILES string of the molecule is CC1(C)c2cccc(P(C3CCCCC3)C3CCCCC3)c2O[C@@H]2C(P(C3CCCCC3)C3CCCCC3)=CC=C[C@@H]21. The van der Waals surface area contributed by atoms with Crippen LogP contribution in [0.15, 0.2) is 41.7 Å². The summed E-state index contributed by atoms with van der Waals surface area (Å²) in [5.74, 6) is 1.82. The number of fused-ring (bicyclic) bond motifs is 2. The lowest BCUT2D eigenvalue weighted by molar-refractivity contribution is 0.120. The molecule has 6 aliphatic rings. The quantitative estimate of drug-likeness (QED) is 0.294. The van der Waals surface area contributed by atoms with Crippen molar-refractivity contribution in [2.75, 3.05) is 0 Å². The predicted molar refractivity (Wildman–Crippen MR) is 186 cm³/mol. The van der Waals surface area contributed by atoms with Crippen LogP contribution in [0.2, 0.25) is 0 Å². The normalized spacial score (nSPS) is 29.7. The number of hydrogen-bond donors (Lipinski definition) is 0. The largest absolute Gasteiger partial charge is 0.484 e. The van der Waals surface area contributed by atoms with Crippen molar-refractivity contribution in [3.8, 4) is 5.75 Å². The molecule has 5 aliphatic carbocycles. The third-order valence-corrected chi connectivity index (χ3v) is 19.5. The molecule has 42 heavy (non-hydrogen) atoms. The average molecular weight is 605 g/mol. The van der Waals surface area contributed by atoms with Crippen LogP contribution in [-0.4, -0.2) is 28.7 Å². The maximum atomic E-state index is 7.65. The Kier molecular flexibility index (Phi) is 9.57. The van der Waals surface area contributed by atoms with Gasteiger partial charge in [0, 0.05) is 22.2 Å². The van der Waals surface area contributed by atoms with E-state index < -0.39 is 0 Å². The fourth-order valence-corrected chi connectivity index (χ4v) is 18.1. The molecule has 0 unspecified atom stereocenters. The lowest BCUT2D eigenvalue weighted by atomic mass is 9.68. The summed E-state index contributed by atoms with van der Waals surface area (Å²) < 4.78 is 7.65. The Morgan fingerprint density at radius 3 is 1.60 bits per heavy atom. The Hall–Kier alpha value is -0.640. The fourth-order valence-electron chi connectivity index (χ4n) is 10.2. The van der Waals surface area contributed by atoms with Gasteiger partial charge in [-0.2, -0.15) is 0 Å². The summed E-state index contributed by atoms with van der Waals surface area (Å²) in [7, 11) is -0.332. The summed E-state index contributed by atoms with van der Waals surface area (Å²) in [6.07, 6.45) is 37.1. The number of benzene rings is 1. The third-order valence-electron chi connectivity index (χ3n) is 12.4. The average Bonchev–Trinajstić information content (AvgIpc) is 3.04. The molecule has 0 aromatic heterocycles. The minimum absolute atomic E-state index is 0.102. The van der Waals surface area contributed by atoms with Crippen molar-refractivity contribution in [1.82, 2.24) is 0 Å². The molecule has 0 saturated heterocycles. The van der Waals surface area contributed by atoms with Gasteiger partial charge >= 0.3 is 0 Å². The number of allylic oxidation sites excluding steroid dienone is 2. The lowest BCUT2D eigenvalue weighted by Crippen LogP contribution is -2.47. The van der Waals surface area contributed by atoms with Gasteiger partial charge in [-0.3, -0.25) is 0 Å². The van der Waals surface area contributed by atoms with Crippen molar-refractivity contribution in [2.45, 2.75) is 176 Å². The van der Waals surface area contributed by atoms with Gasteiger partial charge in [0.15, 0.2) is 0 Å². The molecule has 3 heteroatoms. The molecule has 230 valence electrons. The fraction of sp³-hybridized carbons (Fsp3) is 0.744. The Balaban J connectivity index is 1.29. The summed E-state index contributed by atoms with van der Waals surface area (Å²) >= 11 is 0. The van der Waals surface area contributed by atoms with Crippen LogP contribution in [-0.2, 0) is 5.41 Å². The van der Waals surface area contributed by atoms with Gasteiger partial charge in [0.05, 0.1) is 0 Å². The van der Waals surface area contributed by atoms with E-state index in [1.165, 1.54) is 140 Å².